The summed E-state index contributed by atoms with van der Waals surface area (Å²) in [6.07, 6.45) is 14.5. The van der Waals surface area contributed by atoms with Crippen molar-refractivity contribution >= 4 is 62.1 Å². The van der Waals surface area contributed by atoms with Gasteiger partial charge in [-0.15, -0.1) is 0 Å². The summed E-state index contributed by atoms with van der Waals surface area (Å²) < 4.78 is 19.2. The molecule has 67 heavy (non-hydrogen) atoms. The topological polar surface area (TPSA) is 129 Å². The van der Waals surface area contributed by atoms with Crippen molar-refractivity contribution in [2.45, 2.75) is 110 Å². The van der Waals surface area contributed by atoms with Crippen molar-refractivity contribution in [1.29, 1.82) is 5.26 Å². The molecule has 10 nitrogen and oxygen atoms in total. The van der Waals surface area contributed by atoms with E-state index in [1.807, 2.05) is 37.3 Å². The molecule has 340 valence electrons. The number of anilines is 2. The molecular weight excluding hydrogens is 835 g/mol. The van der Waals surface area contributed by atoms with E-state index in [0.29, 0.717) is 50.8 Å². The lowest BCUT2D eigenvalue weighted by Crippen LogP contribution is -2.44. The fraction of sp³-hybridized carbons (Fsp3) is 0.368. The van der Waals surface area contributed by atoms with E-state index in [4.69, 9.17) is 18.6 Å². The molecule has 0 saturated heterocycles. The van der Waals surface area contributed by atoms with E-state index < -0.39 is 11.3 Å². The number of rotatable bonds is 5. The van der Waals surface area contributed by atoms with Crippen molar-refractivity contribution in [3.63, 3.8) is 0 Å². The Labute approximate surface area is 390 Å². The zero-order valence-electron chi connectivity index (χ0n) is 40.0. The maximum Gasteiger partial charge on any atom is 0.343 e. The van der Waals surface area contributed by atoms with Gasteiger partial charge in [0.2, 0.25) is 0 Å². The lowest BCUT2D eigenvalue weighted by molar-refractivity contribution is 0.332. The second kappa shape index (κ2) is 14.8. The molecule has 11 rings (SSSR count). The molecule has 3 aromatic carbocycles. The number of benzene rings is 3. The Kier molecular flexibility index (Phi) is 9.46. The molecule has 5 aliphatic rings. The number of aromatic amines is 1. The standard InChI is InChI=1S/C57H57N5O5/c1-32-38(53(64)67-50-39(32)30-42-48-46(50)57(8,9)21-25-62(48)23-19-55(42,4)5)17-16-37-28-34(40(31-58)51-59-43-12-10-11-13-44(43)60-51)27-36(65-37)15-14-33-26-35-29-41-47-45(49(35)66-52(33)63)56(6,7)20-24-61(47)22-18-54(41,2)3/h10-17,26-30H,18-25H2,1-9H3,(H,59,60)/b15-14+,17-16+,40-34-. The summed E-state index contributed by atoms with van der Waals surface area (Å²) in [6.45, 7) is 24.1. The summed E-state index contributed by atoms with van der Waals surface area (Å²) in [7, 11) is 0. The van der Waals surface area contributed by atoms with Crippen LogP contribution >= 0.6 is 0 Å². The number of ether oxygens (including phenoxy) is 1. The Morgan fingerprint density at radius 1 is 0.716 bits per heavy atom. The van der Waals surface area contributed by atoms with Crippen molar-refractivity contribution in [3.8, 4) is 6.07 Å². The molecule has 0 spiro atoms. The number of nitrogens with zero attached hydrogens (tertiary/aromatic N) is 4. The van der Waals surface area contributed by atoms with Gasteiger partial charge in [-0.05, 0) is 138 Å². The van der Waals surface area contributed by atoms with Gasteiger partial charge in [-0.3, -0.25) is 0 Å². The number of nitriles is 1. The van der Waals surface area contributed by atoms with E-state index in [-0.39, 0.29) is 21.7 Å². The van der Waals surface area contributed by atoms with Crippen LogP contribution in [0, 0.1) is 18.3 Å². The first kappa shape index (κ1) is 42.8. The normalized spacial score (nSPS) is 20.7. The molecule has 6 aromatic rings. The summed E-state index contributed by atoms with van der Waals surface area (Å²) in [5, 5.41) is 12.5. The van der Waals surface area contributed by atoms with Gasteiger partial charge in [-0.1, -0.05) is 67.5 Å². The molecule has 5 aliphatic heterocycles. The third kappa shape index (κ3) is 6.83. The molecule has 0 amide bonds. The van der Waals surface area contributed by atoms with Crippen LogP contribution in [-0.2, 0) is 26.4 Å². The summed E-state index contributed by atoms with van der Waals surface area (Å²) in [4.78, 5) is 41.1. The molecule has 0 atom stereocenters. The highest BCUT2D eigenvalue weighted by Gasteiger charge is 2.44. The molecule has 0 aliphatic carbocycles. The number of aryl methyl sites for hydroxylation is 1. The van der Waals surface area contributed by atoms with Crippen LogP contribution in [0.25, 0.3) is 50.7 Å². The summed E-state index contributed by atoms with van der Waals surface area (Å²) in [5.41, 5.74) is 11.3. The van der Waals surface area contributed by atoms with Crippen LogP contribution in [0.4, 0.5) is 11.4 Å². The Bertz CT molecular complexity index is 3450. The maximum atomic E-state index is 14.1. The lowest BCUT2D eigenvalue weighted by Gasteiger charge is -2.48. The molecule has 0 saturated carbocycles. The average Bonchev–Trinajstić information content (AvgIpc) is 3.70. The first-order valence-corrected chi connectivity index (χ1v) is 23.7. The highest BCUT2D eigenvalue weighted by Crippen LogP contribution is 2.53. The van der Waals surface area contributed by atoms with Gasteiger partial charge in [0, 0.05) is 65.0 Å². The van der Waals surface area contributed by atoms with E-state index >= 15 is 0 Å². The smallest absolute Gasteiger partial charge is 0.343 e. The second-order valence-corrected chi connectivity index (χ2v) is 21.9. The van der Waals surface area contributed by atoms with Crippen LogP contribution in [0.3, 0.4) is 0 Å². The lowest BCUT2D eigenvalue weighted by atomic mass is 9.69. The minimum atomic E-state index is -0.445. The van der Waals surface area contributed by atoms with E-state index in [2.05, 4.69) is 88.4 Å². The fourth-order valence-electron chi connectivity index (χ4n) is 11.4. The first-order chi connectivity index (χ1) is 31.8. The van der Waals surface area contributed by atoms with E-state index in [9.17, 15) is 14.9 Å². The van der Waals surface area contributed by atoms with Gasteiger partial charge in [0.25, 0.3) is 0 Å². The number of H-pyrrole nitrogens is 1. The minimum absolute atomic E-state index is 0.0379. The zero-order valence-corrected chi connectivity index (χ0v) is 40.0. The average molecular weight is 892 g/mol. The Morgan fingerprint density at radius 2 is 1.28 bits per heavy atom. The highest BCUT2D eigenvalue weighted by molar-refractivity contribution is 5.95. The van der Waals surface area contributed by atoms with Gasteiger partial charge in [-0.2, -0.15) is 5.26 Å². The van der Waals surface area contributed by atoms with Crippen LogP contribution < -0.4 is 21.1 Å². The third-order valence-corrected chi connectivity index (χ3v) is 15.7. The summed E-state index contributed by atoms with van der Waals surface area (Å²) >= 11 is 0. The Morgan fingerprint density at radius 3 is 1.91 bits per heavy atom. The van der Waals surface area contributed by atoms with E-state index in [0.717, 1.165) is 90.4 Å². The molecule has 3 aromatic heterocycles. The third-order valence-electron chi connectivity index (χ3n) is 15.7. The largest absolute Gasteiger partial charge is 0.457 e. The van der Waals surface area contributed by atoms with Crippen molar-refractivity contribution in [2.24, 2.45) is 0 Å². The Balaban J connectivity index is 1.02. The van der Waals surface area contributed by atoms with Gasteiger partial charge >= 0.3 is 11.3 Å². The van der Waals surface area contributed by atoms with Crippen LogP contribution in [-0.4, -0.2) is 36.1 Å². The first-order valence-electron chi connectivity index (χ1n) is 23.7. The summed E-state index contributed by atoms with van der Waals surface area (Å²) in [6, 6.07) is 16.4. The molecule has 10 heteroatoms. The molecular formula is C57H57N5O5. The van der Waals surface area contributed by atoms with Crippen LogP contribution in [0.1, 0.15) is 126 Å². The number of nitrogens with one attached hydrogen (secondary N) is 1. The Hall–Kier alpha value is -6.86. The quantitative estimate of drug-likeness (QED) is 0.133. The number of allylic oxidation sites excluding steroid dienone is 6. The predicted molar refractivity (Wildman–Crippen MR) is 269 cm³/mol. The van der Waals surface area contributed by atoms with Gasteiger partial charge < -0.3 is 28.4 Å². The number of para-hydroxylation sites is 2. The van der Waals surface area contributed by atoms with E-state index in [1.165, 1.54) is 22.5 Å². The van der Waals surface area contributed by atoms with Crippen LogP contribution in [0.15, 0.2) is 102 Å². The summed E-state index contributed by atoms with van der Waals surface area (Å²) in [5.74, 6) is 1.17. The van der Waals surface area contributed by atoms with Crippen LogP contribution in [0.5, 0.6) is 0 Å². The molecule has 1 N–H and O–H groups in total. The monoisotopic (exact) mass is 891 g/mol. The van der Waals surface area contributed by atoms with Crippen molar-refractivity contribution in [3.05, 3.63) is 149 Å². The number of imidazole rings is 1. The van der Waals surface area contributed by atoms with Crippen molar-refractivity contribution in [2.75, 3.05) is 36.0 Å². The predicted octanol–water partition coefficient (Wildman–Crippen LogP) is 11.9. The SMILES string of the molecule is Cc1c(/C=C/C2=CC(=C(/C#N)c3nc4ccccc4[nH]3)/C=C(/C=C/c3cc4cc5c6c(c4oc3=O)C(C)(C)CCN6CCC5(C)C)O2)c(=O)oc2c3c4c(cc12)C(C)(C)CCN4CCC3(C)C. The number of fused-ring (bicyclic) bond motifs is 5. The minimum Gasteiger partial charge on any atom is -0.457 e. The van der Waals surface area contributed by atoms with Gasteiger partial charge in [-0.25, -0.2) is 14.6 Å². The maximum absolute atomic E-state index is 14.1. The number of hydrogen-bond donors (Lipinski definition) is 1. The molecule has 8 heterocycles. The molecule has 0 radical (unpaired) electrons. The number of hydrogen-bond acceptors (Lipinski definition) is 9. The molecule has 0 bridgehead atoms. The number of aromatic nitrogens is 2. The van der Waals surface area contributed by atoms with Gasteiger partial charge in [0.05, 0.1) is 22.2 Å². The van der Waals surface area contributed by atoms with Gasteiger partial charge in [0.1, 0.15) is 40.2 Å². The van der Waals surface area contributed by atoms with Gasteiger partial charge in [0.15, 0.2) is 0 Å². The molecule has 0 unspecified atom stereocenters. The van der Waals surface area contributed by atoms with E-state index in [1.54, 1.807) is 36.5 Å². The van der Waals surface area contributed by atoms with Crippen molar-refractivity contribution < 1.29 is 13.6 Å². The van der Waals surface area contributed by atoms with Crippen LogP contribution in [0.2, 0.25) is 0 Å². The zero-order chi connectivity index (χ0) is 46.9. The second-order valence-electron chi connectivity index (χ2n) is 21.9. The van der Waals surface area contributed by atoms with Crippen molar-refractivity contribution in [1.82, 2.24) is 9.97 Å². The fourth-order valence-corrected chi connectivity index (χ4v) is 11.4. The highest BCUT2D eigenvalue weighted by atomic mass is 16.5. The molecule has 0 fully saturated rings.